The Balaban J connectivity index is 1.77. The molecule has 3 unspecified atom stereocenters. The third kappa shape index (κ3) is 2.32. The Morgan fingerprint density at radius 2 is 2.09 bits per heavy atom. The normalized spacial score (nSPS) is 25.3. The molecule has 3 atom stereocenters. The van der Waals surface area contributed by atoms with Crippen molar-refractivity contribution >= 4 is 28.3 Å². The third-order valence-corrected chi connectivity index (χ3v) is 5.45. The minimum Gasteiger partial charge on any atom is -0.497 e. The molecule has 0 saturated heterocycles. The summed E-state index contributed by atoms with van der Waals surface area (Å²) in [6.45, 7) is 0. The van der Waals surface area contributed by atoms with Gasteiger partial charge in [-0.05, 0) is 76.4 Å². The number of hydrogen-bond acceptors (Lipinski definition) is 2. The van der Waals surface area contributed by atoms with Gasteiger partial charge in [-0.1, -0.05) is 24.3 Å². The molecule has 0 fully saturated rings. The Bertz CT molecular complexity index is 740. The van der Waals surface area contributed by atoms with Crippen LogP contribution in [0.1, 0.15) is 29.5 Å². The van der Waals surface area contributed by atoms with Gasteiger partial charge in [0, 0.05) is 15.2 Å². The fourth-order valence-corrected chi connectivity index (χ4v) is 4.25. The summed E-state index contributed by atoms with van der Waals surface area (Å²) in [5, 5.41) is 3.76. The largest absolute Gasteiger partial charge is 0.497 e. The molecular weight excluding hydrogens is 385 g/mol. The fraction of sp³-hybridized carbons (Fsp3) is 0.263. The van der Waals surface area contributed by atoms with Gasteiger partial charge >= 0.3 is 0 Å². The number of allylic oxidation sites excluding steroid dienone is 2. The van der Waals surface area contributed by atoms with Crippen LogP contribution in [0.15, 0.2) is 54.6 Å². The van der Waals surface area contributed by atoms with Crippen molar-refractivity contribution in [3.8, 4) is 5.75 Å². The van der Waals surface area contributed by atoms with Gasteiger partial charge in [0.15, 0.2) is 0 Å². The maximum absolute atomic E-state index is 5.40. The first-order valence-electron chi connectivity index (χ1n) is 7.63. The second-order valence-electron chi connectivity index (χ2n) is 5.98. The highest BCUT2D eigenvalue weighted by Gasteiger charge is 2.37. The number of ether oxygens (including phenoxy) is 1. The first kappa shape index (κ1) is 14.1. The molecule has 4 rings (SSSR count). The second kappa shape index (κ2) is 5.61. The molecule has 112 valence electrons. The predicted octanol–water partition coefficient (Wildman–Crippen LogP) is 5.13. The van der Waals surface area contributed by atoms with E-state index in [0.29, 0.717) is 17.9 Å². The molecule has 0 aromatic heterocycles. The summed E-state index contributed by atoms with van der Waals surface area (Å²) in [6.07, 6.45) is 5.84. The zero-order valence-corrected chi connectivity index (χ0v) is 14.6. The van der Waals surface area contributed by atoms with Gasteiger partial charge in [0.25, 0.3) is 0 Å². The van der Waals surface area contributed by atoms with Gasteiger partial charge in [0.1, 0.15) is 5.75 Å². The Morgan fingerprint density at radius 3 is 2.95 bits per heavy atom. The number of methoxy groups -OCH3 is 1. The SMILES string of the molecule is COc1cccc(C2Nc3ccc(I)cc3C3C=CCC32)c1. The second-order valence-corrected chi connectivity index (χ2v) is 7.23. The fourth-order valence-electron chi connectivity index (χ4n) is 3.73. The Kier molecular flexibility index (Phi) is 3.60. The van der Waals surface area contributed by atoms with Crippen molar-refractivity contribution in [2.75, 3.05) is 12.4 Å². The quantitative estimate of drug-likeness (QED) is 0.555. The van der Waals surface area contributed by atoms with Crippen molar-refractivity contribution in [2.24, 2.45) is 5.92 Å². The maximum atomic E-state index is 5.40. The Morgan fingerprint density at radius 1 is 1.18 bits per heavy atom. The van der Waals surface area contributed by atoms with Crippen LogP contribution >= 0.6 is 22.6 Å². The lowest BCUT2D eigenvalue weighted by Crippen LogP contribution is -2.29. The van der Waals surface area contributed by atoms with Crippen molar-refractivity contribution in [1.82, 2.24) is 0 Å². The predicted molar refractivity (Wildman–Crippen MR) is 98.5 cm³/mol. The number of anilines is 1. The van der Waals surface area contributed by atoms with Crippen LogP contribution in [0.4, 0.5) is 5.69 Å². The Hall–Kier alpha value is -1.49. The molecule has 2 aliphatic rings. The zero-order valence-electron chi connectivity index (χ0n) is 12.4. The Labute approximate surface area is 144 Å². The van der Waals surface area contributed by atoms with Crippen LogP contribution in [0.3, 0.4) is 0 Å². The van der Waals surface area contributed by atoms with Crippen molar-refractivity contribution in [3.63, 3.8) is 0 Å². The van der Waals surface area contributed by atoms with E-state index < -0.39 is 0 Å². The number of rotatable bonds is 2. The van der Waals surface area contributed by atoms with Gasteiger partial charge in [0.2, 0.25) is 0 Å². The summed E-state index contributed by atoms with van der Waals surface area (Å²) >= 11 is 2.40. The summed E-state index contributed by atoms with van der Waals surface area (Å²) in [4.78, 5) is 0. The molecule has 1 aliphatic carbocycles. The lowest BCUT2D eigenvalue weighted by atomic mass is 9.77. The van der Waals surface area contributed by atoms with E-state index in [-0.39, 0.29) is 0 Å². The number of nitrogens with one attached hydrogen (secondary N) is 1. The molecule has 0 amide bonds. The van der Waals surface area contributed by atoms with Crippen molar-refractivity contribution in [1.29, 1.82) is 0 Å². The number of benzene rings is 2. The van der Waals surface area contributed by atoms with Crippen molar-refractivity contribution in [3.05, 3.63) is 69.3 Å². The molecule has 1 N–H and O–H groups in total. The number of fused-ring (bicyclic) bond motifs is 3. The standard InChI is InChI=1S/C19H18INO/c1-22-14-5-2-4-12(10-14)19-16-7-3-6-15(16)17-11-13(20)8-9-18(17)21-19/h2-6,8-11,15-16,19,21H,7H2,1H3. The number of hydrogen-bond donors (Lipinski definition) is 1. The van der Waals surface area contributed by atoms with E-state index >= 15 is 0 Å². The molecule has 0 bridgehead atoms. The van der Waals surface area contributed by atoms with Crippen LogP contribution in [0.5, 0.6) is 5.75 Å². The minimum atomic E-state index is 0.336. The lowest BCUT2D eigenvalue weighted by molar-refractivity contribution is 0.406. The van der Waals surface area contributed by atoms with Gasteiger partial charge < -0.3 is 10.1 Å². The van der Waals surface area contributed by atoms with E-state index in [1.165, 1.54) is 20.4 Å². The van der Waals surface area contributed by atoms with Crippen LogP contribution in [0, 0.1) is 9.49 Å². The van der Waals surface area contributed by atoms with Gasteiger partial charge in [-0.3, -0.25) is 0 Å². The van der Waals surface area contributed by atoms with Crippen molar-refractivity contribution < 1.29 is 4.74 Å². The molecule has 0 radical (unpaired) electrons. The molecule has 0 spiro atoms. The minimum absolute atomic E-state index is 0.336. The molecule has 3 heteroatoms. The van der Waals surface area contributed by atoms with E-state index in [1.54, 1.807) is 7.11 Å². The smallest absolute Gasteiger partial charge is 0.119 e. The highest BCUT2D eigenvalue weighted by atomic mass is 127. The molecule has 2 nitrogen and oxygen atoms in total. The van der Waals surface area contributed by atoms with Crippen molar-refractivity contribution in [2.45, 2.75) is 18.4 Å². The van der Waals surface area contributed by atoms with E-state index in [2.05, 4.69) is 76.5 Å². The van der Waals surface area contributed by atoms with Crippen LogP contribution in [-0.2, 0) is 0 Å². The van der Waals surface area contributed by atoms with Crippen LogP contribution in [0.25, 0.3) is 0 Å². The lowest BCUT2D eigenvalue weighted by Gasteiger charge is -2.37. The van der Waals surface area contributed by atoms with Gasteiger partial charge in [-0.15, -0.1) is 0 Å². The summed E-state index contributed by atoms with van der Waals surface area (Å²) in [5.74, 6) is 2.02. The molecule has 2 aromatic rings. The van der Waals surface area contributed by atoms with Crippen LogP contribution < -0.4 is 10.1 Å². The zero-order chi connectivity index (χ0) is 15.1. The third-order valence-electron chi connectivity index (χ3n) is 4.78. The average Bonchev–Trinajstić information content (AvgIpc) is 3.04. The van der Waals surface area contributed by atoms with Crippen LogP contribution in [-0.4, -0.2) is 7.11 Å². The molecule has 0 saturated carbocycles. The maximum Gasteiger partial charge on any atom is 0.119 e. The van der Waals surface area contributed by atoms with Crippen LogP contribution in [0.2, 0.25) is 0 Å². The first-order valence-corrected chi connectivity index (χ1v) is 8.71. The first-order chi connectivity index (χ1) is 10.8. The molecule has 1 heterocycles. The van der Waals surface area contributed by atoms with E-state index in [0.717, 1.165) is 12.2 Å². The highest BCUT2D eigenvalue weighted by molar-refractivity contribution is 14.1. The van der Waals surface area contributed by atoms with Gasteiger partial charge in [-0.25, -0.2) is 0 Å². The summed E-state index contributed by atoms with van der Waals surface area (Å²) in [5.41, 5.74) is 4.01. The molecular formula is C19H18INO. The summed E-state index contributed by atoms with van der Waals surface area (Å²) < 4.78 is 6.70. The average molecular weight is 403 g/mol. The van der Waals surface area contributed by atoms with Gasteiger partial charge in [0.05, 0.1) is 13.2 Å². The molecule has 2 aromatic carbocycles. The van der Waals surface area contributed by atoms with E-state index in [4.69, 9.17) is 4.74 Å². The van der Waals surface area contributed by atoms with E-state index in [9.17, 15) is 0 Å². The van der Waals surface area contributed by atoms with Gasteiger partial charge in [-0.2, -0.15) is 0 Å². The number of halogens is 1. The molecule has 1 aliphatic heterocycles. The topological polar surface area (TPSA) is 21.3 Å². The monoisotopic (exact) mass is 403 g/mol. The molecule has 22 heavy (non-hydrogen) atoms. The van der Waals surface area contributed by atoms with E-state index in [1.807, 2.05) is 6.07 Å². The summed E-state index contributed by atoms with van der Waals surface area (Å²) in [7, 11) is 1.73. The highest BCUT2D eigenvalue weighted by Crippen LogP contribution is 2.50. The summed E-state index contributed by atoms with van der Waals surface area (Å²) in [6, 6.07) is 15.5.